The number of anilines is 4. The van der Waals surface area contributed by atoms with Crippen molar-refractivity contribution in [1.82, 2.24) is 20.2 Å². The Morgan fingerprint density at radius 1 is 1.22 bits per heavy atom. The van der Waals surface area contributed by atoms with E-state index in [9.17, 15) is 21.6 Å². The van der Waals surface area contributed by atoms with Gasteiger partial charge >= 0.3 is 12.1 Å². The van der Waals surface area contributed by atoms with Gasteiger partial charge in [0.15, 0.2) is 5.82 Å². The van der Waals surface area contributed by atoms with E-state index in [1.54, 1.807) is 18.3 Å². The van der Waals surface area contributed by atoms with E-state index >= 15 is 0 Å². The summed E-state index contributed by atoms with van der Waals surface area (Å²) in [5.41, 5.74) is 2.27. The maximum atomic E-state index is 11.6. The first-order valence-corrected chi connectivity index (χ1v) is 12.2. The number of fused-ring (bicyclic) bond motifs is 1. The number of hydrogen-bond donors (Lipinski definition) is 4. The number of H-pyrrole nitrogens is 1. The van der Waals surface area contributed by atoms with E-state index in [1.165, 1.54) is 18.3 Å². The Balaban J connectivity index is 0.000000479. The fraction of sp³-hybridized carbons (Fsp3) is 0.143. The number of carboxylic acid groups (broad SMARTS) is 1. The summed E-state index contributed by atoms with van der Waals surface area (Å²) in [6.07, 6.45) is -1.84. The summed E-state index contributed by atoms with van der Waals surface area (Å²) in [7, 11) is -3.82. The second kappa shape index (κ2) is 11.0. The summed E-state index contributed by atoms with van der Waals surface area (Å²) in [6, 6.07) is 11.9. The van der Waals surface area contributed by atoms with Gasteiger partial charge in [-0.25, -0.2) is 23.3 Å². The summed E-state index contributed by atoms with van der Waals surface area (Å²) >= 11 is 6.42. The molecule has 0 bridgehead atoms. The SMILES string of the molecule is CCN(c1nc(Nc2cccc(S(N)(=O)=O)c2)ncc1Cl)c1cccc2[nH]ncc12.O=C(O)C(F)(F)F. The topological polar surface area (TPSA) is 167 Å². The average Bonchev–Trinajstić information content (AvgIpc) is 3.31. The predicted molar refractivity (Wildman–Crippen MR) is 131 cm³/mol. The molecule has 0 fully saturated rings. The summed E-state index contributed by atoms with van der Waals surface area (Å²) in [5, 5.41) is 23.7. The molecule has 0 aliphatic carbocycles. The molecular weight excluding hydrogens is 539 g/mol. The Morgan fingerprint density at radius 2 is 1.89 bits per heavy atom. The van der Waals surface area contributed by atoms with Gasteiger partial charge in [-0.3, -0.25) is 5.10 Å². The van der Waals surface area contributed by atoms with E-state index in [4.69, 9.17) is 26.6 Å². The average molecular weight is 558 g/mol. The van der Waals surface area contributed by atoms with Crippen LogP contribution in [0.4, 0.5) is 36.3 Å². The molecule has 37 heavy (non-hydrogen) atoms. The molecule has 4 rings (SSSR count). The highest BCUT2D eigenvalue weighted by atomic mass is 35.5. The summed E-state index contributed by atoms with van der Waals surface area (Å²) < 4.78 is 54.9. The van der Waals surface area contributed by atoms with Crippen LogP contribution in [0, 0.1) is 0 Å². The number of aromatic nitrogens is 4. The first kappa shape index (κ1) is 27.6. The second-order valence-electron chi connectivity index (χ2n) is 7.22. The number of carbonyl (C=O) groups is 1. The van der Waals surface area contributed by atoms with Gasteiger partial charge in [0.1, 0.15) is 5.02 Å². The molecule has 0 saturated heterocycles. The maximum absolute atomic E-state index is 11.6. The minimum Gasteiger partial charge on any atom is -0.475 e. The third-order valence-corrected chi connectivity index (χ3v) is 5.89. The number of carboxylic acids is 1. The molecule has 2 heterocycles. The van der Waals surface area contributed by atoms with Crippen LogP contribution in [0.2, 0.25) is 5.02 Å². The lowest BCUT2D eigenvalue weighted by atomic mass is 10.2. The van der Waals surface area contributed by atoms with Gasteiger partial charge in [-0.1, -0.05) is 23.7 Å². The monoisotopic (exact) mass is 557 g/mol. The van der Waals surface area contributed by atoms with Crippen LogP contribution < -0.4 is 15.4 Å². The molecule has 11 nitrogen and oxygen atoms in total. The molecule has 196 valence electrons. The van der Waals surface area contributed by atoms with Crippen LogP contribution in [0.1, 0.15) is 6.92 Å². The second-order valence-corrected chi connectivity index (χ2v) is 9.19. The van der Waals surface area contributed by atoms with Gasteiger partial charge in [0.2, 0.25) is 16.0 Å². The molecule has 0 aliphatic heterocycles. The van der Waals surface area contributed by atoms with Gasteiger partial charge in [0.25, 0.3) is 0 Å². The normalized spacial score (nSPS) is 11.5. The fourth-order valence-corrected chi connectivity index (χ4v) is 3.86. The predicted octanol–water partition coefficient (Wildman–Crippen LogP) is 4.19. The number of aromatic amines is 1. The van der Waals surface area contributed by atoms with Crippen LogP contribution in [-0.4, -0.2) is 52.4 Å². The molecular formula is C21H19ClF3N7O4S. The van der Waals surface area contributed by atoms with Crippen molar-refractivity contribution in [2.45, 2.75) is 18.0 Å². The lowest BCUT2D eigenvalue weighted by Crippen LogP contribution is -2.21. The molecule has 0 radical (unpaired) electrons. The van der Waals surface area contributed by atoms with Gasteiger partial charge in [-0.15, -0.1) is 0 Å². The quantitative estimate of drug-likeness (QED) is 0.272. The molecule has 0 aliphatic rings. The molecule has 4 aromatic rings. The molecule has 0 spiro atoms. The molecule has 5 N–H and O–H groups in total. The number of aliphatic carboxylic acids is 1. The van der Waals surface area contributed by atoms with Crippen molar-refractivity contribution in [2.75, 3.05) is 16.8 Å². The third kappa shape index (κ3) is 6.84. The van der Waals surface area contributed by atoms with Crippen molar-refractivity contribution in [3.8, 4) is 0 Å². The van der Waals surface area contributed by atoms with E-state index in [-0.39, 0.29) is 10.8 Å². The number of benzene rings is 2. The number of hydrogen-bond acceptors (Lipinski definition) is 8. The van der Waals surface area contributed by atoms with E-state index < -0.39 is 22.2 Å². The highest BCUT2D eigenvalue weighted by Crippen LogP contribution is 2.34. The van der Waals surface area contributed by atoms with Gasteiger partial charge in [0, 0.05) is 17.6 Å². The van der Waals surface area contributed by atoms with Crippen LogP contribution in [-0.2, 0) is 14.8 Å². The Morgan fingerprint density at radius 3 is 2.51 bits per heavy atom. The van der Waals surface area contributed by atoms with E-state index in [1.807, 2.05) is 30.0 Å². The van der Waals surface area contributed by atoms with Crippen molar-refractivity contribution in [3.63, 3.8) is 0 Å². The van der Waals surface area contributed by atoms with Gasteiger partial charge < -0.3 is 15.3 Å². The number of sulfonamides is 1. The Hall–Kier alpha value is -3.95. The number of halogens is 4. The van der Waals surface area contributed by atoms with Crippen LogP contribution in [0.3, 0.4) is 0 Å². The molecule has 2 aromatic heterocycles. The first-order chi connectivity index (χ1) is 17.3. The number of nitrogens with one attached hydrogen (secondary N) is 2. The zero-order valence-electron chi connectivity index (χ0n) is 18.9. The highest BCUT2D eigenvalue weighted by Gasteiger charge is 2.38. The number of nitrogens with two attached hydrogens (primary N) is 1. The van der Waals surface area contributed by atoms with Crippen molar-refractivity contribution in [2.24, 2.45) is 5.14 Å². The van der Waals surface area contributed by atoms with Crippen molar-refractivity contribution in [3.05, 3.63) is 59.9 Å². The number of primary sulfonamides is 1. The molecule has 16 heteroatoms. The van der Waals surface area contributed by atoms with E-state index in [0.29, 0.717) is 23.1 Å². The van der Waals surface area contributed by atoms with Crippen LogP contribution in [0.25, 0.3) is 10.9 Å². The number of rotatable bonds is 6. The number of nitrogens with zero attached hydrogens (tertiary/aromatic N) is 4. The van der Waals surface area contributed by atoms with Crippen LogP contribution >= 0.6 is 11.6 Å². The molecule has 0 amide bonds. The van der Waals surface area contributed by atoms with Crippen LogP contribution in [0.15, 0.2) is 59.8 Å². The Kier molecular flexibility index (Phi) is 8.20. The van der Waals surface area contributed by atoms with Crippen molar-refractivity contribution >= 4 is 61.6 Å². The first-order valence-electron chi connectivity index (χ1n) is 10.2. The van der Waals surface area contributed by atoms with Crippen molar-refractivity contribution < 1.29 is 31.5 Å². The zero-order chi connectivity index (χ0) is 27.4. The molecule has 0 saturated carbocycles. The maximum Gasteiger partial charge on any atom is 0.490 e. The fourth-order valence-electron chi connectivity index (χ4n) is 3.11. The lowest BCUT2D eigenvalue weighted by molar-refractivity contribution is -0.192. The van der Waals surface area contributed by atoms with Gasteiger partial charge in [-0.05, 0) is 37.3 Å². The summed E-state index contributed by atoms with van der Waals surface area (Å²) in [5.74, 6) is -1.99. The largest absolute Gasteiger partial charge is 0.490 e. The molecule has 0 atom stereocenters. The summed E-state index contributed by atoms with van der Waals surface area (Å²) in [6.45, 7) is 2.58. The Labute approximate surface area is 213 Å². The minimum atomic E-state index is -5.08. The summed E-state index contributed by atoms with van der Waals surface area (Å²) in [4.78, 5) is 19.6. The molecule has 2 aromatic carbocycles. The highest BCUT2D eigenvalue weighted by molar-refractivity contribution is 7.89. The van der Waals surface area contributed by atoms with E-state index in [2.05, 4.69) is 25.5 Å². The van der Waals surface area contributed by atoms with Gasteiger partial charge in [0.05, 0.1) is 28.5 Å². The Bertz CT molecular complexity index is 1530. The van der Waals surface area contributed by atoms with E-state index in [0.717, 1.165) is 16.6 Å². The zero-order valence-corrected chi connectivity index (χ0v) is 20.4. The third-order valence-electron chi connectivity index (χ3n) is 4.71. The van der Waals surface area contributed by atoms with Crippen LogP contribution in [0.5, 0.6) is 0 Å². The molecule has 0 unspecified atom stereocenters. The van der Waals surface area contributed by atoms with Crippen molar-refractivity contribution in [1.29, 1.82) is 0 Å². The smallest absolute Gasteiger partial charge is 0.475 e. The van der Waals surface area contributed by atoms with Gasteiger partial charge in [-0.2, -0.15) is 23.3 Å². The number of alkyl halides is 3. The standard InChI is InChI=1S/C19H18ClN7O2S.C2HF3O2/c1-2-27(17-8-4-7-16-14(17)10-23-26-16)18-15(20)11-22-19(25-18)24-12-5-3-6-13(9-12)30(21,28)29;3-2(4,5)1(6)7/h3-11H,2H2,1H3,(H,23,26)(H2,21,28,29)(H,22,24,25);(H,6,7). The minimum absolute atomic E-state index is 0.0106. The lowest BCUT2D eigenvalue weighted by Gasteiger charge is -2.24.